The fraction of sp³-hybridized carbons (Fsp3) is 0.500. The summed E-state index contributed by atoms with van der Waals surface area (Å²) in [5.41, 5.74) is 8.45. The zero-order valence-electron chi connectivity index (χ0n) is 8.82. The Hall–Kier alpha value is -0.570. The Balaban J connectivity index is 0.00000112. The van der Waals surface area contributed by atoms with Gasteiger partial charge in [-0.3, -0.25) is 0 Å². The molecule has 0 atom stereocenters. The molecule has 2 rings (SSSR count). The van der Waals surface area contributed by atoms with Crippen molar-refractivity contribution in [2.45, 2.75) is 25.3 Å². The summed E-state index contributed by atoms with van der Waals surface area (Å²) in [7, 11) is 0. The smallest absolute Gasteiger partial charge is 0.0471 e. The van der Waals surface area contributed by atoms with Gasteiger partial charge in [-0.15, -0.1) is 12.4 Å². The molecule has 1 aliphatic heterocycles. The Kier molecular flexibility index (Phi) is 5.09. The number of halogens is 1. The highest BCUT2D eigenvalue weighted by molar-refractivity contribution is 5.85. The van der Waals surface area contributed by atoms with Gasteiger partial charge in [0.25, 0.3) is 0 Å². The van der Waals surface area contributed by atoms with Gasteiger partial charge in [-0.25, -0.2) is 0 Å². The van der Waals surface area contributed by atoms with Crippen molar-refractivity contribution in [1.29, 1.82) is 0 Å². The van der Waals surface area contributed by atoms with Gasteiger partial charge >= 0.3 is 0 Å². The van der Waals surface area contributed by atoms with E-state index < -0.39 is 0 Å². The van der Waals surface area contributed by atoms with E-state index in [1.54, 1.807) is 0 Å². The SMILES string of the molecule is Cl.NCc1ccccc1C1CCOCC1. The van der Waals surface area contributed by atoms with Crippen LogP contribution >= 0.6 is 12.4 Å². The summed E-state index contributed by atoms with van der Waals surface area (Å²) in [6.45, 7) is 2.43. The van der Waals surface area contributed by atoms with Gasteiger partial charge in [0, 0.05) is 19.8 Å². The molecule has 0 bridgehead atoms. The Morgan fingerprint density at radius 2 is 1.87 bits per heavy atom. The molecule has 0 saturated carbocycles. The molecule has 15 heavy (non-hydrogen) atoms. The van der Waals surface area contributed by atoms with Gasteiger partial charge in [-0.2, -0.15) is 0 Å². The molecular weight excluding hydrogens is 210 g/mol. The molecule has 0 radical (unpaired) electrons. The van der Waals surface area contributed by atoms with Crippen molar-refractivity contribution in [2.75, 3.05) is 13.2 Å². The second kappa shape index (κ2) is 6.11. The molecule has 0 unspecified atom stereocenters. The molecule has 0 aromatic heterocycles. The highest BCUT2D eigenvalue weighted by Gasteiger charge is 2.17. The standard InChI is InChI=1S/C12H17NO.ClH/c13-9-11-3-1-2-4-12(11)10-5-7-14-8-6-10;/h1-4,10H,5-9,13H2;1H. The lowest BCUT2D eigenvalue weighted by Crippen LogP contribution is -2.16. The van der Waals surface area contributed by atoms with Crippen LogP contribution in [0.1, 0.15) is 29.9 Å². The Morgan fingerprint density at radius 3 is 2.53 bits per heavy atom. The minimum atomic E-state index is 0. The number of rotatable bonds is 2. The van der Waals surface area contributed by atoms with Gasteiger partial charge in [0.15, 0.2) is 0 Å². The van der Waals surface area contributed by atoms with Gasteiger partial charge in [0.2, 0.25) is 0 Å². The zero-order valence-corrected chi connectivity index (χ0v) is 9.63. The van der Waals surface area contributed by atoms with Crippen LogP contribution in [0.25, 0.3) is 0 Å². The van der Waals surface area contributed by atoms with Crippen LogP contribution in [0, 0.1) is 0 Å². The van der Waals surface area contributed by atoms with Crippen LogP contribution in [0.15, 0.2) is 24.3 Å². The summed E-state index contributed by atoms with van der Waals surface area (Å²) in [6.07, 6.45) is 2.27. The van der Waals surface area contributed by atoms with Crippen LogP contribution in [0.2, 0.25) is 0 Å². The summed E-state index contributed by atoms with van der Waals surface area (Å²) < 4.78 is 5.36. The lowest BCUT2D eigenvalue weighted by atomic mass is 9.88. The van der Waals surface area contributed by atoms with E-state index in [2.05, 4.69) is 24.3 Å². The van der Waals surface area contributed by atoms with E-state index in [4.69, 9.17) is 10.5 Å². The maximum Gasteiger partial charge on any atom is 0.0471 e. The quantitative estimate of drug-likeness (QED) is 0.843. The van der Waals surface area contributed by atoms with Gasteiger partial charge in [-0.05, 0) is 29.9 Å². The van der Waals surface area contributed by atoms with Crippen molar-refractivity contribution in [3.05, 3.63) is 35.4 Å². The molecular formula is C12H18ClNO. The molecule has 2 N–H and O–H groups in total. The van der Waals surface area contributed by atoms with Crippen LogP contribution in [-0.4, -0.2) is 13.2 Å². The van der Waals surface area contributed by atoms with E-state index in [9.17, 15) is 0 Å². The third-order valence-corrected chi connectivity index (χ3v) is 2.94. The van der Waals surface area contributed by atoms with Crippen molar-refractivity contribution in [1.82, 2.24) is 0 Å². The molecule has 3 heteroatoms. The minimum Gasteiger partial charge on any atom is -0.381 e. The Morgan fingerprint density at radius 1 is 1.20 bits per heavy atom. The first kappa shape index (κ1) is 12.5. The monoisotopic (exact) mass is 227 g/mol. The first-order valence-corrected chi connectivity index (χ1v) is 5.27. The first-order chi connectivity index (χ1) is 6.92. The van der Waals surface area contributed by atoms with E-state index in [-0.39, 0.29) is 12.4 Å². The molecule has 1 aliphatic rings. The highest BCUT2D eigenvalue weighted by atomic mass is 35.5. The van der Waals surface area contributed by atoms with Crippen LogP contribution in [0.3, 0.4) is 0 Å². The number of nitrogens with two attached hydrogens (primary N) is 1. The van der Waals surface area contributed by atoms with Crippen LogP contribution in [0.5, 0.6) is 0 Å². The number of hydrogen-bond donors (Lipinski definition) is 1. The van der Waals surface area contributed by atoms with Crippen LogP contribution in [0.4, 0.5) is 0 Å². The van der Waals surface area contributed by atoms with Gasteiger partial charge in [0.1, 0.15) is 0 Å². The van der Waals surface area contributed by atoms with E-state index >= 15 is 0 Å². The third kappa shape index (κ3) is 2.94. The molecule has 1 aromatic carbocycles. The number of hydrogen-bond acceptors (Lipinski definition) is 2. The second-order valence-corrected chi connectivity index (χ2v) is 3.79. The van der Waals surface area contributed by atoms with Crippen LogP contribution < -0.4 is 5.73 Å². The molecule has 84 valence electrons. The zero-order chi connectivity index (χ0) is 9.80. The Bertz CT molecular complexity index is 297. The predicted molar refractivity (Wildman–Crippen MR) is 64.4 cm³/mol. The summed E-state index contributed by atoms with van der Waals surface area (Å²) in [5.74, 6) is 0.656. The molecule has 1 saturated heterocycles. The molecule has 1 heterocycles. The topological polar surface area (TPSA) is 35.2 Å². The van der Waals surface area contributed by atoms with Crippen molar-refractivity contribution in [3.63, 3.8) is 0 Å². The summed E-state index contributed by atoms with van der Waals surface area (Å²) in [4.78, 5) is 0. The number of ether oxygens (including phenoxy) is 1. The van der Waals surface area contributed by atoms with Crippen molar-refractivity contribution < 1.29 is 4.74 Å². The Labute approximate surface area is 97.2 Å². The van der Waals surface area contributed by atoms with E-state index in [0.717, 1.165) is 26.1 Å². The van der Waals surface area contributed by atoms with Gasteiger partial charge in [0.05, 0.1) is 0 Å². The van der Waals surface area contributed by atoms with E-state index in [1.807, 2.05) is 0 Å². The van der Waals surface area contributed by atoms with Gasteiger partial charge in [-0.1, -0.05) is 24.3 Å². The lowest BCUT2D eigenvalue weighted by molar-refractivity contribution is 0.0851. The predicted octanol–water partition coefficient (Wildman–Crippen LogP) is 2.46. The average molecular weight is 228 g/mol. The largest absolute Gasteiger partial charge is 0.381 e. The molecule has 1 aromatic rings. The maximum atomic E-state index is 5.73. The van der Waals surface area contributed by atoms with Crippen molar-refractivity contribution >= 4 is 12.4 Å². The summed E-state index contributed by atoms with van der Waals surface area (Å²) in [6, 6.07) is 8.50. The number of benzene rings is 1. The second-order valence-electron chi connectivity index (χ2n) is 3.79. The van der Waals surface area contributed by atoms with Crippen molar-refractivity contribution in [2.24, 2.45) is 5.73 Å². The summed E-state index contributed by atoms with van der Waals surface area (Å²) >= 11 is 0. The van der Waals surface area contributed by atoms with E-state index in [0.29, 0.717) is 12.5 Å². The third-order valence-electron chi connectivity index (χ3n) is 2.94. The van der Waals surface area contributed by atoms with Crippen molar-refractivity contribution in [3.8, 4) is 0 Å². The highest BCUT2D eigenvalue weighted by Crippen LogP contribution is 2.28. The molecule has 2 nitrogen and oxygen atoms in total. The average Bonchev–Trinajstić information content (AvgIpc) is 2.30. The normalized spacial score (nSPS) is 17.1. The first-order valence-electron chi connectivity index (χ1n) is 5.27. The maximum absolute atomic E-state index is 5.73. The van der Waals surface area contributed by atoms with Gasteiger partial charge < -0.3 is 10.5 Å². The lowest BCUT2D eigenvalue weighted by Gasteiger charge is -2.24. The fourth-order valence-electron chi connectivity index (χ4n) is 2.13. The fourth-order valence-corrected chi connectivity index (χ4v) is 2.13. The summed E-state index contributed by atoms with van der Waals surface area (Å²) in [5, 5.41) is 0. The van der Waals surface area contributed by atoms with E-state index in [1.165, 1.54) is 11.1 Å². The van der Waals surface area contributed by atoms with Crippen LogP contribution in [-0.2, 0) is 11.3 Å². The molecule has 0 spiro atoms. The molecule has 1 fully saturated rings. The minimum absolute atomic E-state index is 0. The molecule has 0 amide bonds. The molecule has 0 aliphatic carbocycles.